The molecule has 1 rings (SSSR count). The Kier molecular flexibility index (Phi) is 6.38. The Morgan fingerprint density at radius 2 is 2.06 bits per heavy atom. The van der Waals surface area contributed by atoms with E-state index in [-0.39, 0.29) is 18.8 Å². The topological polar surface area (TPSA) is 81.8 Å². The van der Waals surface area contributed by atoms with Gasteiger partial charge in [0.1, 0.15) is 17.5 Å². The number of hydrogen-bond acceptors (Lipinski definition) is 4. The minimum absolute atomic E-state index is 0. The number of halogens is 1. The van der Waals surface area contributed by atoms with Crippen molar-refractivity contribution in [2.24, 2.45) is 5.73 Å². The van der Waals surface area contributed by atoms with Crippen LogP contribution in [0.15, 0.2) is 18.2 Å². The van der Waals surface area contributed by atoms with Crippen LogP contribution in [0, 0.1) is 0 Å². The summed E-state index contributed by atoms with van der Waals surface area (Å²) >= 11 is 0. The summed E-state index contributed by atoms with van der Waals surface area (Å²) in [6, 6.07) is 4.26. The van der Waals surface area contributed by atoms with Crippen LogP contribution in [0.2, 0.25) is 0 Å². The monoisotopic (exact) mass is 261 g/mol. The normalized spacial score (nSPS) is 11.2. The van der Waals surface area contributed by atoms with E-state index in [9.17, 15) is 4.79 Å². The van der Waals surface area contributed by atoms with Crippen LogP contribution in [-0.4, -0.2) is 31.3 Å². The second-order valence-corrected chi connectivity index (χ2v) is 3.33. The van der Waals surface area contributed by atoms with Gasteiger partial charge in [-0.1, -0.05) is 6.07 Å². The molecule has 1 atom stereocenters. The van der Waals surface area contributed by atoms with E-state index in [1.54, 1.807) is 25.3 Å². The highest BCUT2D eigenvalue weighted by Crippen LogP contribution is 2.25. The fraction of sp³-hybridized carbons (Fsp3) is 0.364. The lowest BCUT2D eigenvalue weighted by Crippen LogP contribution is -2.32. The third-order valence-electron chi connectivity index (χ3n) is 2.25. The van der Waals surface area contributed by atoms with E-state index in [0.717, 1.165) is 5.56 Å². The molecule has 0 amide bonds. The van der Waals surface area contributed by atoms with E-state index < -0.39 is 12.0 Å². The summed E-state index contributed by atoms with van der Waals surface area (Å²) in [4.78, 5) is 10.6. The van der Waals surface area contributed by atoms with Gasteiger partial charge in [0, 0.05) is 12.5 Å². The first-order valence-electron chi connectivity index (χ1n) is 4.77. The molecule has 0 aromatic heterocycles. The molecule has 0 bridgehead atoms. The highest BCUT2D eigenvalue weighted by molar-refractivity contribution is 5.85. The van der Waals surface area contributed by atoms with Crippen molar-refractivity contribution in [3.05, 3.63) is 23.8 Å². The van der Waals surface area contributed by atoms with E-state index in [1.807, 2.05) is 0 Å². The lowest BCUT2D eigenvalue weighted by atomic mass is 10.1. The van der Waals surface area contributed by atoms with Crippen molar-refractivity contribution in [3.8, 4) is 11.5 Å². The zero-order chi connectivity index (χ0) is 12.1. The van der Waals surface area contributed by atoms with Crippen LogP contribution in [0.25, 0.3) is 0 Å². The van der Waals surface area contributed by atoms with Gasteiger partial charge >= 0.3 is 5.97 Å². The fourth-order valence-corrected chi connectivity index (χ4v) is 1.34. The molecule has 5 nitrogen and oxygen atoms in total. The molecule has 0 aliphatic rings. The summed E-state index contributed by atoms with van der Waals surface area (Å²) in [5.74, 6) is 0.207. The molecular weight excluding hydrogens is 246 g/mol. The molecule has 0 radical (unpaired) electrons. The summed E-state index contributed by atoms with van der Waals surface area (Å²) in [6.07, 6.45) is 0.225. The molecular formula is C11H16ClNO4. The number of aliphatic carboxylic acids is 1. The Bertz CT molecular complexity index is 384. The van der Waals surface area contributed by atoms with Gasteiger partial charge in [0.2, 0.25) is 0 Å². The predicted molar refractivity (Wildman–Crippen MR) is 66.1 cm³/mol. The van der Waals surface area contributed by atoms with Crippen LogP contribution in [-0.2, 0) is 11.2 Å². The third kappa shape index (κ3) is 4.13. The average Bonchev–Trinajstić information content (AvgIpc) is 2.29. The van der Waals surface area contributed by atoms with Gasteiger partial charge in [-0.3, -0.25) is 4.79 Å². The predicted octanol–water partition coefficient (Wildman–Crippen LogP) is 1.08. The smallest absolute Gasteiger partial charge is 0.320 e. The van der Waals surface area contributed by atoms with E-state index >= 15 is 0 Å². The van der Waals surface area contributed by atoms with Gasteiger partial charge in [-0.05, 0) is 11.6 Å². The van der Waals surface area contributed by atoms with Crippen LogP contribution < -0.4 is 15.2 Å². The van der Waals surface area contributed by atoms with Gasteiger partial charge in [-0.25, -0.2) is 0 Å². The Morgan fingerprint density at radius 3 is 2.53 bits per heavy atom. The quantitative estimate of drug-likeness (QED) is 0.829. The van der Waals surface area contributed by atoms with Crippen LogP contribution in [0.5, 0.6) is 11.5 Å². The van der Waals surface area contributed by atoms with Crippen molar-refractivity contribution >= 4 is 18.4 Å². The first kappa shape index (κ1) is 15.5. The lowest BCUT2D eigenvalue weighted by Gasteiger charge is -2.12. The maximum Gasteiger partial charge on any atom is 0.320 e. The number of rotatable bonds is 5. The molecule has 0 saturated heterocycles. The third-order valence-corrected chi connectivity index (χ3v) is 2.25. The summed E-state index contributed by atoms with van der Waals surface area (Å²) in [5, 5.41) is 8.72. The minimum atomic E-state index is -1.03. The second-order valence-electron chi connectivity index (χ2n) is 3.33. The SMILES string of the molecule is COc1ccc(C[C@H](N)C(=O)O)c(OC)c1.Cl. The largest absolute Gasteiger partial charge is 0.497 e. The molecule has 0 heterocycles. The number of benzene rings is 1. The Morgan fingerprint density at radius 1 is 1.41 bits per heavy atom. The number of carboxylic acid groups (broad SMARTS) is 1. The maximum absolute atomic E-state index is 10.6. The van der Waals surface area contributed by atoms with Crippen molar-refractivity contribution in [2.45, 2.75) is 12.5 Å². The molecule has 17 heavy (non-hydrogen) atoms. The van der Waals surface area contributed by atoms with Gasteiger partial charge < -0.3 is 20.3 Å². The molecule has 0 aliphatic heterocycles. The number of ether oxygens (including phenoxy) is 2. The first-order valence-corrected chi connectivity index (χ1v) is 4.77. The molecule has 0 spiro atoms. The van der Waals surface area contributed by atoms with Crippen molar-refractivity contribution < 1.29 is 19.4 Å². The number of methoxy groups -OCH3 is 2. The van der Waals surface area contributed by atoms with E-state index in [1.165, 1.54) is 7.11 Å². The Balaban J connectivity index is 0.00000256. The molecule has 0 saturated carbocycles. The van der Waals surface area contributed by atoms with Crippen LogP contribution >= 0.6 is 12.4 Å². The molecule has 0 aliphatic carbocycles. The maximum atomic E-state index is 10.6. The van der Waals surface area contributed by atoms with E-state index in [0.29, 0.717) is 11.5 Å². The van der Waals surface area contributed by atoms with Crippen LogP contribution in [0.4, 0.5) is 0 Å². The number of carboxylic acids is 1. The molecule has 96 valence electrons. The summed E-state index contributed by atoms with van der Waals surface area (Å²) < 4.78 is 10.2. The average molecular weight is 262 g/mol. The van der Waals surface area contributed by atoms with E-state index in [2.05, 4.69) is 0 Å². The number of carbonyl (C=O) groups is 1. The second kappa shape index (κ2) is 6.98. The zero-order valence-corrected chi connectivity index (χ0v) is 10.5. The minimum Gasteiger partial charge on any atom is -0.497 e. The Hall–Kier alpha value is -1.46. The van der Waals surface area contributed by atoms with Crippen LogP contribution in [0.1, 0.15) is 5.56 Å². The standard InChI is InChI=1S/C11H15NO4.ClH/c1-15-8-4-3-7(10(6-8)16-2)5-9(12)11(13)14;/h3-4,6,9H,5,12H2,1-2H3,(H,13,14);1H/t9-;/m0./s1. The van der Waals surface area contributed by atoms with Crippen molar-refractivity contribution in [3.63, 3.8) is 0 Å². The molecule has 0 unspecified atom stereocenters. The number of nitrogens with two attached hydrogens (primary N) is 1. The molecule has 3 N–H and O–H groups in total. The van der Waals surface area contributed by atoms with E-state index in [4.69, 9.17) is 20.3 Å². The molecule has 6 heteroatoms. The number of hydrogen-bond donors (Lipinski definition) is 2. The van der Waals surface area contributed by atoms with Gasteiger partial charge in [0.05, 0.1) is 14.2 Å². The van der Waals surface area contributed by atoms with Gasteiger partial charge in [-0.15, -0.1) is 12.4 Å². The lowest BCUT2D eigenvalue weighted by molar-refractivity contribution is -0.138. The van der Waals surface area contributed by atoms with Gasteiger partial charge in [0.15, 0.2) is 0 Å². The van der Waals surface area contributed by atoms with Crippen molar-refractivity contribution in [1.29, 1.82) is 0 Å². The zero-order valence-electron chi connectivity index (χ0n) is 9.67. The Labute approximate surface area is 106 Å². The van der Waals surface area contributed by atoms with Crippen LogP contribution in [0.3, 0.4) is 0 Å². The van der Waals surface area contributed by atoms with Gasteiger partial charge in [0.25, 0.3) is 0 Å². The van der Waals surface area contributed by atoms with Crippen molar-refractivity contribution in [2.75, 3.05) is 14.2 Å². The molecule has 1 aromatic carbocycles. The van der Waals surface area contributed by atoms with Crippen molar-refractivity contribution in [1.82, 2.24) is 0 Å². The summed E-state index contributed by atoms with van der Waals surface area (Å²) in [5.41, 5.74) is 6.20. The highest BCUT2D eigenvalue weighted by Gasteiger charge is 2.15. The fourth-order valence-electron chi connectivity index (χ4n) is 1.34. The highest BCUT2D eigenvalue weighted by atomic mass is 35.5. The molecule has 0 fully saturated rings. The summed E-state index contributed by atoms with van der Waals surface area (Å²) in [7, 11) is 3.07. The summed E-state index contributed by atoms with van der Waals surface area (Å²) in [6.45, 7) is 0. The first-order chi connectivity index (χ1) is 7.58. The molecule has 1 aromatic rings. The van der Waals surface area contributed by atoms with Gasteiger partial charge in [-0.2, -0.15) is 0 Å².